The van der Waals surface area contributed by atoms with Crippen molar-refractivity contribution in [2.45, 2.75) is 13.1 Å². The Bertz CT molecular complexity index is 1430. The lowest BCUT2D eigenvalue weighted by Gasteiger charge is -2.14. The van der Waals surface area contributed by atoms with Crippen molar-refractivity contribution in [3.05, 3.63) is 98.9 Å². The first kappa shape index (κ1) is 22.4. The van der Waals surface area contributed by atoms with Gasteiger partial charge in [0.25, 0.3) is 5.76 Å². The topological polar surface area (TPSA) is 65.7 Å². The number of ether oxygens (including phenoxy) is 2. The fourth-order valence-corrected chi connectivity index (χ4v) is 3.25. The van der Waals surface area contributed by atoms with Gasteiger partial charge in [0.1, 0.15) is 17.1 Å². The van der Waals surface area contributed by atoms with Crippen LogP contribution in [0.2, 0.25) is 5.02 Å². The van der Waals surface area contributed by atoms with Crippen molar-refractivity contribution in [3.63, 3.8) is 0 Å². The Morgan fingerprint density at radius 3 is 2.45 bits per heavy atom. The van der Waals surface area contributed by atoms with Gasteiger partial charge in [0.2, 0.25) is 11.2 Å². The van der Waals surface area contributed by atoms with Crippen molar-refractivity contribution < 1.29 is 31.9 Å². The molecule has 9 heteroatoms. The van der Waals surface area contributed by atoms with Gasteiger partial charge in [0.05, 0.1) is 16.0 Å². The van der Waals surface area contributed by atoms with Crippen LogP contribution in [0, 0.1) is 6.92 Å². The third-order valence-electron chi connectivity index (χ3n) is 4.59. The third kappa shape index (κ3) is 4.70. The number of halogens is 4. The second-order valence-electron chi connectivity index (χ2n) is 7.04. The number of alkyl halides is 3. The maximum absolute atomic E-state index is 13.7. The second-order valence-corrected chi connectivity index (χ2v) is 7.44. The van der Waals surface area contributed by atoms with E-state index in [1.807, 2.05) is 0 Å². The van der Waals surface area contributed by atoms with Crippen molar-refractivity contribution in [2.24, 2.45) is 0 Å². The van der Waals surface area contributed by atoms with Crippen molar-refractivity contribution in [1.29, 1.82) is 0 Å². The fraction of sp³-hybridized carbons (Fsp3) is 0.0833. The van der Waals surface area contributed by atoms with Crippen LogP contribution in [0.15, 0.2) is 75.9 Å². The molecule has 0 aliphatic rings. The van der Waals surface area contributed by atoms with E-state index >= 15 is 0 Å². The maximum Gasteiger partial charge on any atom is 0.453 e. The Labute approximate surface area is 189 Å². The largest absolute Gasteiger partial charge is 0.453 e. The highest BCUT2D eigenvalue weighted by atomic mass is 35.5. The normalized spacial score (nSPS) is 11.4. The Hall–Kier alpha value is -3.78. The molecule has 0 saturated carbocycles. The molecular formula is C24H14ClF3O5. The lowest BCUT2D eigenvalue weighted by molar-refractivity contribution is -0.154. The van der Waals surface area contributed by atoms with Gasteiger partial charge in [-0.2, -0.15) is 13.2 Å². The zero-order valence-corrected chi connectivity index (χ0v) is 17.7. The quantitative estimate of drug-likeness (QED) is 0.241. The number of benzene rings is 3. The Kier molecular flexibility index (Phi) is 5.86. The number of para-hydroxylation sites is 1. The average Bonchev–Trinajstić information content (AvgIpc) is 2.76. The molecule has 0 amide bonds. The third-order valence-corrected chi connectivity index (χ3v) is 4.90. The van der Waals surface area contributed by atoms with Crippen molar-refractivity contribution in [1.82, 2.24) is 0 Å². The van der Waals surface area contributed by atoms with E-state index in [0.717, 1.165) is 11.6 Å². The summed E-state index contributed by atoms with van der Waals surface area (Å²) in [5.41, 5.74) is -0.390. The molecular weight excluding hydrogens is 461 g/mol. The molecule has 168 valence electrons. The first-order valence-electron chi connectivity index (χ1n) is 9.53. The van der Waals surface area contributed by atoms with Crippen LogP contribution in [-0.4, -0.2) is 5.97 Å². The second kappa shape index (κ2) is 8.63. The van der Waals surface area contributed by atoms with Crippen LogP contribution >= 0.6 is 11.6 Å². The summed E-state index contributed by atoms with van der Waals surface area (Å²) in [6.45, 7) is 1.79. The van der Waals surface area contributed by atoms with E-state index in [4.69, 9.17) is 25.5 Å². The summed E-state index contributed by atoms with van der Waals surface area (Å²) in [6.07, 6.45) is -5.04. The molecule has 0 unspecified atom stereocenters. The molecule has 0 aliphatic heterocycles. The number of carbonyl (C=O) groups excluding carboxylic acids is 1. The molecule has 3 aromatic carbocycles. The molecule has 4 rings (SSSR count). The first-order valence-corrected chi connectivity index (χ1v) is 9.90. The number of fused-ring (bicyclic) bond motifs is 1. The summed E-state index contributed by atoms with van der Waals surface area (Å²) in [6, 6.07) is 15.9. The molecule has 5 nitrogen and oxygen atoms in total. The number of hydrogen-bond donors (Lipinski definition) is 0. The van der Waals surface area contributed by atoms with Crippen LogP contribution in [0.5, 0.6) is 17.2 Å². The predicted molar refractivity (Wildman–Crippen MR) is 115 cm³/mol. The van der Waals surface area contributed by atoms with Crippen molar-refractivity contribution in [2.75, 3.05) is 0 Å². The molecule has 1 aromatic heterocycles. The summed E-state index contributed by atoms with van der Waals surface area (Å²) in [4.78, 5) is 25.2. The molecule has 33 heavy (non-hydrogen) atoms. The average molecular weight is 475 g/mol. The standard InChI is InChI=1S/C24H14ClF3O5/c1-13-5-4-6-14(11-13)23(30)31-15-9-10-16-19(12-15)33-22(24(26,27)28)21(20(16)29)32-18-8-3-2-7-17(18)25/h2-12H,1H3. The van der Waals surface area contributed by atoms with E-state index in [2.05, 4.69) is 0 Å². The molecule has 0 atom stereocenters. The number of carbonyl (C=O) groups is 1. The number of esters is 1. The minimum Gasteiger partial charge on any atom is -0.448 e. The zero-order valence-electron chi connectivity index (χ0n) is 16.9. The molecule has 0 aliphatic carbocycles. The summed E-state index contributed by atoms with van der Waals surface area (Å²) >= 11 is 5.95. The van der Waals surface area contributed by atoms with E-state index in [1.54, 1.807) is 31.2 Å². The highest BCUT2D eigenvalue weighted by Crippen LogP contribution is 2.39. The predicted octanol–water partition coefficient (Wildman–Crippen LogP) is 6.79. The van der Waals surface area contributed by atoms with Crippen LogP contribution in [0.3, 0.4) is 0 Å². The first-order chi connectivity index (χ1) is 15.6. The molecule has 0 spiro atoms. The molecule has 0 N–H and O–H groups in total. The minimum atomic E-state index is -5.04. The highest BCUT2D eigenvalue weighted by Gasteiger charge is 2.40. The SMILES string of the molecule is Cc1cccc(C(=O)Oc2ccc3c(=O)c(Oc4ccccc4Cl)c(C(F)(F)F)oc3c2)c1. The van der Waals surface area contributed by atoms with E-state index < -0.39 is 34.7 Å². The van der Waals surface area contributed by atoms with Crippen molar-refractivity contribution in [3.8, 4) is 17.2 Å². The van der Waals surface area contributed by atoms with E-state index in [-0.39, 0.29) is 27.5 Å². The van der Waals surface area contributed by atoms with Gasteiger partial charge in [0.15, 0.2) is 0 Å². The molecule has 0 saturated heterocycles. The molecule has 0 fully saturated rings. The number of hydrogen-bond acceptors (Lipinski definition) is 5. The maximum atomic E-state index is 13.7. The van der Waals surface area contributed by atoms with Gasteiger partial charge in [-0.05, 0) is 43.3 Å². The van der Waals surface area contributed by atoms with Gasteiger partial charge in [-0.25, -0.2) is 4.79 Å². The van der Waals surface area contributed by atoms with E-state index in [0.29, 0.717) is 0 Å². The number of aryl methyl sites for hydroxylation is 1. The monoisotopic (exact) mass is 474 g/mol. The van der Waals surface area contributed by atoms with Crippen LogP contribution in [-0.2, 0) is 6.18 Å². The summed E-state index contributed by atoms with van der Waals surface area (Å²) in [5, 5.41) is -0.177. The zero-order chi connectivity index (χ0) is 23.8. The highest BCUT2D eigenvalue weighted by molar-refractivity contribution is 6.32. The van der Waals surface area contributed by atoms with Crippen LogP contribution in [0.1, 0.15) is 21.7 Å². The Morgan fingerprint density at radius 2 is 1.76 bits per heavy atom. The van der Waals surface area contributed by atoms with E-state index in [9.17, 15) is 22.8 Å². The van der Waals surface area contributed by atoms with Crippen LogP contribution < -0.4 is 14.9 Å². The smallest absolute Gasteiger partial charge is 0.448 e. The Balaban J connectivity index is 1.77. The number of rotatable bonds is 4. The van der Waals surface area contributed by atoms with Crippen LogP contribution in [0.25, 0.3) is 11.0 Å². The molecule has 4 aromatic rings. The molecule has 0 bridgehead atoms. The lowest BCUT2D eigenvalue weighted by atomic mass is 10.1. The summed E-state index contributed by atoms with van der Waals surface area (Å²) in [7, 11) is 0. The van der Waals surface area contributed by atoms with Gasteiger partial charge >= 0.3 is 12.1 Å². The van der Waals surface area contributed by atoms with Gasteiger partial charge in [0, 0.05) is 6.07 Å². The fourth-order valence-electron chi connectivity index (χ4n) is 3.07. The Morgan fingerprint density at radius 1 is 1.00 bits per heavy atom. The lowest BCUT2D eigenvalue weighted by Crippen LogP contribution is -2.15. The van der Waals surface area contributed by atoms with Crippen LogP contribution in [0.4, 0.5) is 13.2 Å². The summed E-state index contributed by atoms with van der Waals surface area (Å²) < 4.78 is 56.6. The summed E-state index contributed by atoms with van der Waals surface area (Å²) in [5.74, 6) is -3.63. The van der Waals surface area contributed by atoms with E-state index in [1.165, 1.54) is 36.4 Å². The van der Waals surface area contributed by atoms with Gasteiger partial charge in [-0.1, -0.05) is 41.4 Å². The van der Waals surface area contributed by atoms with Crippen molar-refractivity contribution >= 4 is 28.5 Å². The minimum absolute atomic E-state index is 0.0172. The molecule has 0 radical (unpaired) electrons. The van der Waals surface area contributed by atoms with Gasteiger partial charge < -0.3 is 13.9 Å². The van der Waals surface area contributed by atoms with Gasteiger partial charge in [-0.15, -0.1) is 0 Å². The molecule has 1 heterocycles. The van der Waals surface area contributed by atoms with Gasteiger partial charge in [-0.3, -0.25) is 4.79 Å².